The van der Waals surface area contributed by atoms with Crippen molar-refractivity contribution in [1.82, 2.24) is 4.90 Å². The van der Waals surface area contributed by atoms with Gasteiger partial charge in [0.1, 0.15) is 11.6 Å². The van der Waals surface area contributed by atoms with E-state index in [0.717, 1.165) is 24.9 Å². The van der Waals surface area contributed by atoms with E-state index >= 15 is 0 Å². The number of rotatable bonds is 4. The molecular formula is C19H19BrF2N2O. The number of carbonyl (C=O) groups is 1. The number of amides is 1. The molecule has 3 nitrogen and oxygen atoms in total. The van der Waals surface area contributed by atoms with Gasteiger partial charge in [-0.05, 0) is 55.3 Å². The second-order valence-corrected chi connectivity index (χ2v) is 7.23. The third-order valence-corrected chi connectivity index (χ3v) is 4.88. The molecule has 2 aromatic carbocycles. The van der Waals surface area contributed by atoms with E-state index in [1.165, 1.54) is 18.2 Å². The largest absolute Gasteiger partial charge is 0.323 e. The average Bonchev–Trinajstić information content (AvgIpc) is 2.60. The molecule has 1 aliphatic rings. The Balaban J connectivity index is 1.60. The van der Waals surface area contributed by atoms with Crippen molar-refractivity contribution in [3.8, 4) is 0 Å². The van der Waals surface area contributed by atoms with Crippen LogP contribution < -0.4 is 5.32 Å². The molecule has 1 N–H and O–H groups in total. The van der Waals surface area contributed by atoms with Gasteiger partial charge in [0, 0.05) is 17.6 Å². The van der Waals surface area contributed by atoms with E-state index in [4.69, 9.17) is 0 Å². The maximum atomic E-state index is 13.9. The van der Waals surface area contributed by atoms with Crippen LogP contribution in [0.2, 0.25) is 0 Å². The molecule has 6 heteroatoms. The second kappa shape index (κ2) is 8.06. The summed E-state index contributed by atoms with van der Waals surface area (Å²) in [6.07, 6.45) is 1.69. The number of nitrogens with zero attached hydrogens (tertiary/aromatic N) is 1. The lowest BCUT2D eigenvalue weighted by Crippen LogP contribution is -2.40. The van der Waals surface area contributed by atoms with Crippen LogP contribution in [0.15, 0.2) is 46.9 Å². The third-order valence-electron chi connectivity index (χ3n) is 4.38. The molecule has 1 aliphatic heterocycles. The van der Waals surface area contributed by atoms with E-state index in [-0.39, 0.29) is 23.3 Å². The van der Waals surface area contributed by atoms with Crippen LogP contribution in [0.1, 0.15) is 18.4 Å². The van der Waals surface area contributed by atoms with Crippen molar-refractivity contribution in [2.45, 2.75) is 19.4 Å². The number of carbonyl (C=O) groups excluding carboxylic acids is 1. The van der Waals surface area contributed by atoms with Gasteiger partial charge < -0.3 is 5.32 Å². The lowest BCUT2D eigenvalue weighted by molar-refractivity contribution is -0.121. The summed E-state index contributed by atoms with van der Waals surface area (Å²) in [6, 6.07) is 11.0. The summed E-state index contributed by atoms with van der Waals surface area (Å²) in [6.45, 7) is 2.19. The summed E-state index contributed by atoms with van der Waals surface area (Å²) in [5.41, 5.74) is 1.21. The Labute approximate surface area is 154 Å². The van der Waals surface area contributed by atoms with Crippen molar-refractivity contribution in [3.63, 3.8) is 0 Å². The molecule has 1 amide bonds. The van der Waals surface area contributed by atoms with Gasteiger partial charge in [0.15, 0.2) is 0 Å². The summed E-state index contributed by atoms with van der Waals surface area (Å²) in [7, 11) is 0. The minimum absolute atomic E-state index is 0.162. The second-order valence-electron chi connectivity index (χ2n) is 6.31. The summed E-state index contributed by atoms with van der Waals surface area (Å²) >= 11 is 3.20. The smallest absolute Gasteiger partial charge is 0.228 e. The van der Waals surface area contributed by atoms with Crippen molar-refractivity contribution < 1.29 is 13.6 Å². The Bertz CT molecular complexity index is 752. The van der Waals surface area contributed by atoms with Crippen LogP contribution in [0, 0.1) is 17.6 Å². The van der Waals surface area contributed by atoms with Gasteiger partial charge >= 0.3 is 0 Å². The zero-order chi connectivity index (χ0) is 17.8. The zero-order valence-electron chi connectivity index (χ0n) is 13.6. The van der Waals surface area contributed by atoms with Crippen molar-refractivity contribution >= 4 is 27.5 Å². The fraction of sp³-hybridized carbons (Fsp3) is 0.316. The highest BCUT2D eigenvalue weighted by Gasteiger charge is 2.26. The molecule has 3 rings (SSSR count). The maximum Gasteiger partial charge on any atom is 0.228 e. The van der Waals surface area contributed by atoms with Gasteiger partial charge in [-0.1, -0.05) is 28.1 Å². The predicted octanol–water partition coefficient (Wildman–Crippen LogP) is 4.58. The third kappa shape index (κ3) is 4.86. The number of hydrogen-bond donors (Lipinski definition) is 1. The fourth-order valence-corrected chi connectivity index (χ4v) is 3.42. The molecule has 1 heterocycles. The topological polar surface area (TPSA) is 32.3 Å². The summed E-state index contributed by atoms with van der Waals surface area (Å²) in [5.74, 6) is -1.06. The molecule has 0 radical (unpaired) electrons. The number of halogens is 3. The zero-order valence-corrected chi connectivity index (χ0v) is 15.2. The first-order chi connectivity index (χ1) is 12.0. The van der Waals surface area contributed by atoms with Crippen LogP contribution in [0.25, 0.3) is 0 Å². The molecule has 1 fully saturated rings. The monoisotopic (exact) mass is 408 g/mol. The van der Waals surface area contributed by atoms with Gasteiger partial charge in [0.05, 0.1) is 11.6 Å². The van der Waals surface area contributed by atoms with E-state index in [1.807, 2.05) is 0 Å². The van der Waals surface area contributed by atoms with Gasteiger partial charge in [-0.15, -0.1) is 0 Å². The molecule has 0 unspecified atom stereocenters. The van der Waals surface area contributed by atoms with Gasteiger partial charge in [-0.2, -0.15) is 0 Å². The first-order valence-corrected chi connectivity index (χ1v) is 9.03. The first-order valence-electron chi connectivity index (χ1n) is 8.24. The Hall–Kier alpha value is -1.79. The van der Waals surface area contributed by atoms with Gasteiger partial charge in [0.2, 0.25) is 5.91 Å². The van der Waals surface area contributed by atoms with Crippen LogP contribution in [-0.4, -0.2) is 23.9 Å². The molecule has 0 aliphatic carbocycles. The quantitative estimate of drug-likeness (QED) is 0.802. The molecule has 0 bridgehead atoms. The van der Waals surface area contributed by atoms with Crippen LogP contribution in [0.4, 0.5) is 14.5 Å². The van der Waals surface area contributed by atoms with Crippen molar-refractivity contribution in [3.05, 3.63) is 64.1 Å². The fourth-order valence-electron chi connectivity index (χ4n) is 3.09. The van der Waals surface area contributed by atoms with Crippen molar-refractivity contribution in [2.24, 2.45) is 5.92 Å². The Morgan fingerprint density at radius 1 is 1.20 bits per heavy atom. The maximum absolute atomic E-state index is 13.9. The van der Waals surface area contributed by atoms with Crippen molar-refractivity contribution in [1.29, 1.82) is 0 Å². The molecule has 1 atom stereocenters. The molecule has 0 aromatic heterocycles. The number of anilines is 1. The number of hydrogen-bond acceptors (Lipinski definition) is 2. The van der Waals surface area contributed by atoms with E-state index in [0.29, 0.717) is 17.6 Å². The lowest BCUT2D eigenvalue weighted by Gasteiger charge is -2.32. The summed E-state index contributed by atoms with van der Waals surface area (Å²) < 4.78 is 27.5. The van der Waals surface area contributed by atoms with E-state index < -0.39 is 5.82 Å². The van der Waals surface area contributed by atoms with E-state index in [9.17, 15) is 13.6 Å². The molecule has 1 saturated heterocycles. The van der Waals surface area contributed by atoms with E-state index in [1.54, 1.807) is 24.3 Å². The molecule has 25 heavy (non-hydrogen) atoms. The molecular weight excluding hydrogens is 390 g/mol. The van der Waals surface area contributed by atoms with Crippen molar-refractivity contribution in [2.75, 3.05) is 18.4 Å². The normalized spacial score (nSPS) is 18.1. The molecule has 0 saturated carbocycles. The van der Waals surface area contributed by atoms with Crippen LogP contribution in [-0.2, 0) is 11.3 Å². The molecule has 132 valence electrons. The Kier molecular flexibility index (Phi) is 5.81. The highest BCUT2D eigenvalue weighted by Crippen LogP contribution is 2.23. The van der Waals surface area contributed by atoms with Crippen LogP contribution in [0.5, 0.6) is 0 Å². The number of nitrogens with one attached hydrogen (secondary N) is 1. The number of piperidine rings is 1. The minimum atomic E-state index is -0.457. The standard InChI is InChI=1S/C19H19BrF2N2O/c20-15-5-8-18(17(22)10-15)23-19(25)14-2-1-9-24(12-14)11-13-3-6-16(21)7-4-13/h3-8,10,14H,1-2,9,11-12H2,(H,23,25)/t14-/m1/s1. The average molecular weight is 409 g/mol. The highest BCUT2D eigenvalue weighted by atomic mass is 79.9. The predicted molar refractivity (Wildman–Crippen MR) is 97.1 cm³/mol. The number of benzene rings is 2. The van der Waals surface area contributed by atoms with E-state index in [2.05, 4.69) is 26.1 Å². The van der Waals surface area contributed by atoms with Gasteiger partial charge in [-0.25, -0.2) is 8.78 Å². The molecule has 0 spiro atoms. The highest BCUT2D eigenvalue weighted by molar-refractivity contribution is 9.10. The number of likely N-dealkylation sites (tertiary alicyclic amines) is 1. The van der Waals surface area contributed by atoms with Gasteiger partial charge in [0.25, 0.3) is 0 Å². The SMILES string of the molecule is O=C(Nc1ccc(Br)cc1F)[C@@H]1CCCN(Cc2ccc(F)cc2)C1. The van der Waals surface area contributed by atoms with Crippen LogP contribution in [0.3, 0.4) is 0 Å². The first kappa shape index (κ1) is 18.0. The Morgan fingerprint density at radius 2 is 1.96 bits per heavy atom. The Morgan fingerprint density at radius 3 is 2.68 bits per heavy atom. The van der Waals surface area contributed by atoms with Gasteiger partial charge in [-0.3, -0.25) is 9.69 Å². The lowest BCUT2D eigenvalue weighted by atomic mass is 9.96. The minimum Gasteiger partial charge on any atom is -0.323 e. The molecule has 2 aromatic rings. The summed E-state index contributed by atoms with van der Waals surface area (Å²) in [5, 5.41) is 2.69. The van der Waals surface area contributed by atoms with Crippen LogP contribution >= 0.6 is 15.9 Å². The summed E-state index contributed by atoms with van der Waals surface area (Å²) in [4.78, 5) is 14.7.